The molecule has 0 aliphatic carbocycles. The zero-order chi connectivity index (χ0) is 13.1. The molecule has 18 heavy (non-hydrogen) atoms. The van der Waals surface area contributed by atoms with E-state index in [1.807, 2.05) is 0 Å². The summed E-state index contributed by atoms with van der Waals surface area (Å²) in [4.78, 5) is 13.3. The van der Waals surface area contributed by atoms with Crippen LogP contribution in [0.25, 0.3) is 0 Å². The molecule has 0 saturated carbocycles. The standard InChI is InChI=1S/C11H6ClFN2O3/c12-8-2-1-3-9(13)11(8)18-7-4-5-10(14-6-7)15(16)17/h1-6H. The quantitative estimate of drug-likeness (QED) is 0.630. The number of pyridine rings is 1. The van der Waals surface area contributed by atoms with E-state index in [4.69, 9.17) is 16.3 Å². The lowest BCUT2D eigenvalue weighted by Gasteiger charge is -2.06. The highest BCUT2D eigenvalue weighted by atomic mass is 35.5. The number of hydrogen-bond donors (Lipinski definition) is 0. The first kappa shape index (κ1) is 12.3. The van der Waals surface area contributed by atoms with E-state index in [9.17, 15) is 14.5 Å². The zero-order valence-corrected chi connectivity index (χ0v) is 9.60. The number of rotatable bonds is 3. The van der Waals surface area contributed by atoms with Crippen molar-refractivity contribution in [2.24, 2.45) is 0 Å². The van der Waals surface area contributed by atoms with Crippen LogP contribution in [0.5, 0.6) is 11.5 Å². The van der Waals surface area contributed by atoms with Gasteiger partial charge in [0.2, 0.25) is 0 Å². The van der Waals surface area contributed by atoms with Crippen LogP contribution in [0.1, 0.15) is 0 Å². The Morgan fingerprint density at radius 3 is 2.67 bits per heavy atom. The van der Waals surface area contributed by atoms with Gasteiger partial charge in [-0.2, -0.15) is 0 Å². The molecule has 2 aromatic rings. The molecule has 0 atom stereocenters. The molecule has 5 nitrogen and oxygen atoms in total. The topological polar surface area (TPSA) is 65.3 Å². The number of ether oxygens (including phenoxy) is 1. The summed E-state index contributed by atoms with van der Waals surface area (Å²) < 4.78 is 18.6. The van der Waals surface area contributed by atoms with E-state index in [0.29, 0.717) is 0 Å². The molecule has 0 bridgehead atoms. The molecule has 1 heterocycles. The third kappa shape index (κ3) is 2.54. The van der Waals surface area contributed by atoms with Gasteiger partial charge in [-0.25, -0.2) is 4.39 Å². The second-order valence-corrected chi connectivity index (χ2v) is 3.67. The molecule has 2 rings (SSSR count). The third-order valence-electron chi connectivity index (χ3n) is 2.05. The predicted octanol–water partition coefficient (Wildman–Crippen LogP) is 3.57. The number of para-hydroxylation sites is 1. The third-order valence-corrected chi connectivity index (χ3v) is 2.34. The van der Waals surface area contributed by atoms with E-state index in [1.54, 1.807) is 0 Å². The summed E-state index contributed by atoms with van der Waals surface area (Å²) in [6.45, 7) is 0. The maximum Gasteiger partial charge on any atom is 0.363 e. The summed E-state index contributed by atoms with van der Waals surface area (Å²) in [6.07, 6.45) is 1.13. The van der Waals surface area contributed by atoms with Gasteiger partial charge in [0.25, 0.3) is 0 Å². The molecule has 0 aliphatic heterocycles. The van der Waals surface area contributed by atoms with E-state index < -0.39 is 10.7 Å². The van der Waals surface area contributed by atoms with Gasteiger partial charge in [0, 0.05) is 6.07 Å². The number of hydrogen-bond acceptors (Lipinski definition) is 4. The first-order chi connectivity index (χ1) is 8.58. The van der Waals surface area contributed by atoms with Crippen LogP contribution in [0, 0.1) is 15.9 Å². The van der Waals surface area contributed by atoms with Crippen molar-refractivity contribution in [3.8, 4) is 11.5 Å². The van der Waals surface area contributed by atoms with Crippen LogP contribution >= 0.6 is 11.6 Å². The summed E-state index contributed by atoms with van der Waals surface area (Å²) in [5.41, 5.74) is 0. The lowest BCUT2D eigenvalue weighted by Crippen LogP contribution is -1.93. The lowest BCUT2D eigenvalue weighted by molar-refractivity contribution is -0.389. The van der Waals surface area contributed by atoms with Gasteiger partial charge in [0.1, 0.15) is 0 Å². The smallest absolute Gasteiger partial charge is 0.363 e. The Morgan fingerprint density at radius 1 is 1.33 bits per heavy atom. The summed E-state index contributed by atoms with van der Waals surface area (Å²) in [6, 6.07) is 6.58. The molecule has 1 aromatic heterocycles. The monoisotopic (exact) mass is 268 g/mol. The molecule has 0 radical (unpaired) electrons. The molecule has 0 unspecified atom stereocenters. The van der Waals surface area contributed by atoms with E-state index in [0.717, 1.165) is 12.3 Å². The second-order valence-electron chi connectivity index (χ2n) is 3.26. The highest BCUT2D eigenvalue weighted by molar-refractivity contribution is 6.32. The van der Waals surface area contributed by atoms with Gasteiger partial charge in [-0.15, -0.1) is 0 Å². The molecular formula is C11H6ClFN2O3. The van der Waals surface area contributed by atoms with Gasteiger partial charge in [-0.1, -0.05) is 17.7 Å². The Kier molecular flexibility index (Phi) is 3.38. The number of halogens is 2. The summed E-state index contributed by atoms with van der Waals surface area (Å²) in [7, 11) is 0. The highest BCUT2D eigenvalue weighted by Gasteiger charge is 2.12. The van der Waals surface area contributed by atoms with E-state index in [1.165, 1.54) is 24.3 Å². The zero-order valence-electron chi connectivity index (χ0n) is 8.84. The molecule has 1 aromatic carbocycles. The minimum Gasteiger partial charge on any atom is -0.449 e. The molecule has 0 N–H and O–H groups in total. The van der Waals surface area contributed by atoms with Gasteiger partial charge >= 0.3 is 5.82 Å². The van der Waals surface area contributed by atoms with Crippen LogP contribution in [0.2, 0.25) is 5.02 Å². The fourth-order valence-electron chi connectivity index (χ4n) is 1.24. The highest BCUT2D eigenvalue weighted by Crippen LogP contribution is 2.31. The van der Waals surface area contributed by atoms with Gasteiger partial charge in [-0.05, 0) is 28.1 Å². The van der Waals surface area contributed by atoms with Gasteiger partial charge in [0.05, 0.1) is 5.02 Å². The average molecular weight is 269 g/mol. The lowest BCUT2D eigenvalue weighted by atomic mass is 10.3. The van der Waals surface area contributed by atoms with E-state index >= 15 is 0 Å². The molecule has 0 fully saturated rings. The molecule has 0 amide bonds. The van der Waals surface area contributed by atoms with Crippen molar-refractivity contribution in [2.75, 3.05) is 0 Å². The van der Waals surface area contributed by atoms with Gasteiger partial charge < -0.3 is 14.9 Å². The largest absolute Gasteiger partial charge is 0.449 e. The van der Waals surface area contributed by atoms with E-state index in [2.05, 4.69) is 4.98 Å². The van der Waals surface area contributed by atoms with Crippen molar-refractivity contribution in [3.05, 3.63) is 57.5 Å². The maximum absolute atomic E-state index is 13.4. The Morgan fingerprint density at radius 2 is 2.11 bits per heavy atom. The molecule has 0 saturated heterocycles. The fraction of sp³-hybridized carbons (Fsp3) is 0. The molecule has 92 valence electrons. The molecule has 0 aliphatic rings. The number of aromatic nitrogens is 1. The van der Waals surface area contributed by atoms with Gasteiger partial charge in [-0.3, -0.25) is 0 Å². The summed E-state index contributed by atoms with van der Waals surface area (Å²) in [5, 5.41) is 10.5. The maximum atomic E-state index is 13.4. The van der Waals surface area contributed by atoms with Crippen LogP contribution in [0.4, 0.5) is 10.2 Å². The fourth-order valence-corrected chi connectivity index (χ4v) is 1.44. The molecular weight excluding hydrogens is 263 g/mol. The first-order valence-corrected chi connectivity index (χ1v) is 5.18. The Bertz CT molecular complexity index is 569. The van der Waals surface area contributed by atoms with Crippen molar-refractivity contribution in [3.63, 3.8) is 0 Å². The molecule has 0 spiro atoms. The minimum absolute atomic E-state index is 0.105. The molecule has 7 heteroatoms. The van der Waals surface area contributed by atoms with Crippen LogP contribution in [0.15, 0.2) is 36.5 Å². The van der Waals surface area contributed by atoms with Crippen LogP contribution in [-0.4, -0.2) is 9.91 Å². The number of nitrogens with zero attached hydrogens (tertiary/aromatic N) is 2. The summed E-state index contributed by atoms with van der Waals surface area (Å²) >= 11 is 5.77. The van der Waals surface area contributed by atoms with Crippen molar-refractivity contribution in [1.82, 2.24) is 4.98 Å². The number of nitro groups is 1. The Labute approximate surface area is 106 Å². The van der Waals surface area contributed by atoms with Crippen LogP contribution < -0.4 is 4.74 Å². The van der Waals surface area contributed by atoms with Crippen LogP contribution in [0.3, 0.4) is 0 Å². The van der Waals surface area contributed by atoms with Crippen molar-refractivity contribution < 1.29 is 14.1 Å². The number of benzene rings is 1. The van der Waals surface area contributed by atoms with Crippen molar-refractivity contribution in [2.45, 2.75) is 0 Å². The van der Waals surface area contributed by atoms with Crippen molar-refractivity contribution >= 4 is 17.4 Å². The van der Waals surface area contributed by atoms with Crippen molar-refractivity contribution in [1.29, 1.82) is 0 Å². The average Bonchev–Trinajstić information content (AvgIpc) is 2.34. The SMILES string of the molecule is O=[N+]([O-])c1ccc(Oc2c(F)cccc2Cl)cn1. The van der Waals surface area contributed by atoms with E-state index in [-0.39, 0.29) is 22.3 Å². The minimum atomic E-state index is -0.639. The predicted molar refractivity (Wildman–Crippen MR) is 62.4 cm³/mol. The Balaban J connectivity index is 2.26. The normalized spacial score (nSPS) is 10.1. The van der Waals surface area contributed by atoms with Crippen LogP contribution in [-0.2, 0) is 0 Å². The second kappa shape index (κ2) is 4.97. The van der Waals surface area contributed by atoms with Gasteiger partial charge in [0.15, 0.2) is 23.5 Å². The first-order valence-electron chi connectivity index (χ1n) is 4.80. The Hall–Kier alpha value is -2.21. The summed E-state index contributed by atoms with van der Waals surface area (Å²) in [5.74, 6) is -0.926.